The molecule has 0 aliphatic rings. The van der Waals surface area contributed by atoms with Crippen molar-refractivity contribution in [2.75, 3.05) is 0 Å². The molecule has 0 fully saturated rings. The van der Waals surface area contributed by atoms with Crippen molar-refractivity contribution in [2.45, 2.75) is 46.3 Å². The molecular weight excluding hydrogens is 268 g/mol. The normalized spacial score (nSPS) is 12.4. The second-order valence-electron chi connectivity index (χ2n) is 5.15. The third kappa shape index (κ3) is 3.81. The molecule has 0 radical (unpaired) electrons. The Morgan fingerprint density at radius 1 is 1.30 bits per heavy atom. The first-order valence-electron chi connectivity index (χ1n) is 6.97. The Morgan fingerprint density at radius 3 is 2.55 bits per heavy atom. The Morgan fingerprint density at radius 2 is 2.00 bits per heavy atom. The Hall–Kier alpha value is -1.39. The fourth-order valence-electron chi connectivity index (χ4n) is 2.29. The van der Waals surface area contributed by atoms with Crippen LogP contribution in [-0.4, -0.2) is 11.0 Å². The fourth-order valence-corrected chi connectivity index (χ4v) is 2.82. The van der Waals surface area contributed by atoms with Gasteiger partial charge in [-0.1, -0.05) is 19.1 Å². The van der Waals surface area contributed by atoms with E-state index in [0.29, 0.717) is 6.61 Å². The summed E-state index contributed by atoms with van der Waals surface area (Å²) in [5, 5.41) is 2.97. The van der Waals surface area contributed by atoms with Crippen LogP contribution in [0.4, 0.5) is 0 Å². The van der Waals surface area contributed by atoms with E-state index in [1.165, 1.54) is 16.7 Å². The lowest BCUT2D eigenvalue weighted by Crippen LogP contribution is -2.21. The van der Waals surface area contributed by atoms with Crippen molar-refractivity contribution in [3.8, 4) is 5.75 Å². The first kappa shape index (κ1) is 15.0. The molecule has 1 atom stereocenters. The molecule has 2 N–H and O–H groups in total. The maximum Gasteiger partial charge on any atom is 0.140 e. The number of aromatic nitrogens is 1. The molecule has 0 saturated carbocycles. The molecule has 1 aromatic carbocycles. The zero-order valence-corrected chi connectivity index (χ0v) is 13.2. The predicted octanol–water partition coefficient (Wildman–Crippen LogP) is 3.62. The summed E-state index contributed by atoms with van der Waals surface area (Å²) in [5.74, 6) is 0.967. The SMILES string of the molecule is CCC(N)Cc1cc(C)c(OCc2nccs2)c(C)c1. The Kier molecular flexibility index (Phi) is 5.15. The third-order valence-corrected chi connectivity index (χ3v) is 4.12. The summed E-state index contributed by atoms with van der Waals surface area (Å²) < 4.78 is 5.91. The summed E-state index contributed by atoms with van der Waals surface area (Å²) in [6.45, 7) is 6.83. The lowest BCUT2D eigenvalue weighted by atomic mass is 9.99. The van der Waals surface area contributed by atoms with Gasteiger partial charge in [-0.2, -0.15) is 0 Å². The number of nitrogens with two attached hydrogens (primary N) is 1. The van der Waals surface area contributed by atoms with Crippen molar-refractivity contribution in [2.24, 2.45) is 5.73 Å². The third-order valence-electron chi connectivity index (χ3n) is 3.37. The molecule has 20 heavy (non-hydrogen) atoms. The van der Waals surface area contributed by atoms with Gasteiger partial charge in [0.25, 0.3) is 0 Å². The van der Waals surface area contributed by atoms with E-state index in [4.69, 9.17) is 10.5 Å². The lowest BCUT2D eigenvalue weighted by Gasteiger charge is -2.15. The van der Waals surface area contributed by atoms with Crippen LogP contribution in [0.2, 0.25) is 0 Å². The summed E-state index contributed by atoms with van der Waals surface area (Å²) in [6, 6.07) is 4.59. The molecule has 0 spiro atoms. The van der Waals surface area contributed by atoms with E-state index in [-0.39, 0.29) is 6.04 Å². The van der Waals surface area contributed by atoms with Gasteiger partial charge in [-0.25, -0.2) is 4.98 Å². The molecule has 1 heterocycles. The minimum atomic E-state index is 0.232. The van der Waals surface area contributed by atoms with Gasteiger partial charge in [0, 0.05) is 17.6 Å². The quantitative estimate of drug-likeness (QED) is 0.884. The zero-order chi connectivity index (χ0) is 14.5. The van der Waals surface area contributed by atoms with Gasteiger partial charge in [0.2, 0.25) is 0 Å². The van der Waals surface area contributed by atoms with Gasteiger partial charge in [0.15, 0.2) is 0 Å². The molecular formula is C16H22N2OS. The number of hydrogen-bond donors (Lipinski definition) is 1. The average Bonchev–Trinajstić information content (AvgIpc) is 2.90. The number of aryl methyl sites for hydroxylation is 2. The summed E-state index contributed by atoms with van der Waals surface area (Å²) in [7, 11) is 0. The van der Waals surface area contributed by atoms with E-state index in [1.807, 2.05) is 5.38 Å². The standard InChI is InChI=1S/C16H22N2OS/c1-4-14(17)9-13-7-11(2)16(12(3)8-13)19-10-15-18-5-6-20-15/h5-8,14H,4,9-10,17H2,1-3H3. The smallest absolute Gasteiger partial charge is 0.140 e. The maximum absolute atomic E-state index is 6.03. The summed E-state index contributed by atoms with van der Waals surface area (Å²) in [5.41, 5.74) is 9.65. The van der Waals surface area contributed by atoms with Crippen LogP contribution in [0.15, 0.2) is 23.7 Å². The molecule has 108 valence electrons. The van der Waals surface area contributed by atoms with Crippen molar-refractivity contribution in [1.29, 1.82) is 0 Å². The van der Waals surface area contributed by atoms with Crippen LogP contribution in [0.25, 0.3) is 0 Å². The molecule has 0 saturated heterocycles. The Labute approximate surface area is 124 Å². The minimum absolute atomic E-state index is 0.232. The van der Waals surface area contributed by atoms with E-state index >= 15 is 0 Å². The fraction of sp³-hybridized carbons (Fsp3) is 0.438. The number of thiazole rings is 1. The van der Waals surface area contributed by atoms with Gasteiger partial charge >= 0.3 is 0 Å². The topological polar surface area (TPSA) is 48.1 Å². The first-order chi connectivity index (χ1) is 9.60. The second-order valence-corrected chi connectivity index (χ2v) is 6.12. The van der Waals surface area contributed by atoms with Gasteiger partial charge in [0.05, 0.1) is 0 Å². The molecule has 1 aromatic heterocycles. The van der Waals surface area contributed by atoms with Crippen LogP contribution in [0.1, 0.15) is 35.0 Å². The largest absolute Gasteiger partial charge is 0.486 e. The van der Waals surface area contributed by atoms with E-state index in [1.54, 1.807) is 17.5 Å². The van der Waals surface area contributed by atoms with Gasteiger partial charge in [-0.3, -0.25) is 0 Å². The Bertz CT molecular complexity index is 529. The zero-order valence-electron chi connectivity index (χ0n) is 12.3. The van der Waals surface area contributed by atoms with Gasteiger partial charge in [0.1, 0.15) is 17.4 Å². The lowest BCUT2D eigenvalue weighted by molar-refractivity contribution is 0.301. The molecule has 1 unspecified atom stereocenters. The van der Waals surface area contributed by atoms with Crippen molar-refractivity contribution in [1.82, 2.24) is 4.98 Å². The summed E-state index contributed by atoms with van der Waals surface area (Å²) >= 11 is 1.62. The predicted molar refractivity (Wildman–Crippen MR) is 84.3 cm³/mol. The molecule has 0 aliphatic heterocycles. The minimum Gasteiger partial charge on any atom is -0.486 e. The number of rotatable bonds is 6. The molecule has 2 rings (SSSR count). The molecule has 2 aromatic rings. The van der Waals surface area contributed by atoms with Gasteiger partial charge in [-0.05, 0) is 43.4 Å². The van der Waals surface area contributed by atoms with Crippen LogP contribution in [0, 0.1) is 13.8 Å². The van der Waals surface area contributed by atoms with Crippen molar-refractivity contribution >= 4 is 11.3 Å². The highest BCUT2D eigenvalue weighted by Crippen LogP contribution is 2.26. The molecule has 3 nitrogen and oxygen atoms in total. The van der Waals surface area contributed by atoms with Crippen LogP contribution in [0.3, 0.4) is 0 Å². The highest BCUT2D eigenvalue weighted by molar-refractivity contribution is 7.09. The molecule has 0 aliphatic carbocycles. The maximum atomic E-state index is 6.03. The highest BCUT2D eigenvalue weighted by Gasteiger charge is 2.09. The molecule has 0 bridgehead atoms. The summed E-state index contributed by atoms with van der Waals surface area (Å²) in [4.78, 5) is 4.24. The van der Waals surface area contributed by atoms with Crippen LogP contribution >= 0.6 is 11.3 Å². The van der Waals surface area contributed by atoms with E-state index < -0.39 is 0 Å². The van der Waals surface area contributed by atoms with E-state index in [0.717, 1.165) is 23.6 Å². The van der Waals surface area contributed by atoms with Crippen molar-refractivity contribution < 1.29 is 4.74 Å². The van der Waals surface area contributed by atoms with E-state index in [2.05, 4.69) is 37.9 Å². The number of benzene rings is 1. The van der Waals surface area contributed by atoms with Gasteiger partial charge < -0.3 is 10.5 Å². The van der Waals surface area contributed by atoms with Gasteiger partial charge in [-0.15, -0.1) is 11.3 Å². The van der Waals surface area contributed by atoms with Crippen LogP contribution < -0.4 is 10.5 Å². The van der Waals surface area contributed by atoms with Crippen LogP contribution in [0.5, 0.6) is 5.75 Å². The molecule has 4 heteroatoms. The number of ether oxygens (including phenoxy) is 1. The number of nitrogens with zero attached hydrogens (tertiary/aromatic N) is 1. The number of hydrogen-bond acceptors (Lipinski definition) is 4. The highest BCUT2D eigenvalue weighted by atomic mass is 32.1. The van der Waals surface area contributed by atoms with Crippen molar-refractivity contribution in [3.63, 3.8) is 0 Å². The second kappa shape index (κ2) is 6.86. The monoisotopic (exact) mass is 290 g/mol. The molecule has 0 amide bonds. The summed E-state index contributed by atoms with van der Waals surface area (Å²) in [6.07, 6.45) is 3.73. The van der Waals surface area contributed by atoms with Crippen molar-refractivity contribution in [3.05, 3.63) is 45.4 Å². The first-order valence-corrected chi connectivity index (χ1v) is 7.85. The van der Waals surface area contributed by atoms with E-state index in [9.17, 15) is 0 Å². The average molecular weight is 290 g/mol. The Balaban J connectivity index is 2.10. The van der Waals surface area contributed by atoms with Crippen LogP contribution in [-0.2, 0) is 13.0 Å².